The molecule has 0 radical (unpaired) electrons. The van der Waals surface area contributed by atoms with Crippen LogP contribution in [0, 0.1) is 5.92 Å². The fourth-order valence-corrected chi connectivity index (χ4v) is 3.69. The number of rotatable bonds is 7. The highest BCUT2D eigenvalue weighted by Gasteiger charge is 2.41. The molecule has 2 aliphatic rings. The van der Waals surface area contributed by atoms with E-state index in [1.807, 2.05) is 0 Å². The molecule has 1 spiro atoms. The lowest BCUT2D eigenvalue weighted by Gasteiger charge is -2.41. The monoisotopic (exact) mass is 270 g/mol. The average Bonchev–Trinajstić information content (AvgIpc) is 2.87. The van der Waals surface area contributed by atoms with Crippen LogP contribution in [0.5, 0.6) is 0 Å². The molecule has 0 aromatic rings. The van der Waals surface area contributed by atoms with E-state index >= 15 is 0 Å². The van der Waals surface area contributed by atoms with Crippen LogP contribution < -0.4 is 11.3 Å². The van der Waals surface area contributed by atoms with Crippen molar-refractivity contribution in [2.75, 3.05) is 19.8 Å². The van der Waals surface area contributed by atoms with Gasteiger partial charge in [-0.2, -0.15) is 0 Å². The van der Waals surface area contributed by atoms with Crippen molar-refractivity contribution < 1.29 is 9.47 Å². The van der Waals surface area contributed by atoms with Crippen LogP contribution in [0.1, 0.15) is 58.3 Å². The maximum atomic E-state index is 6.09. The van der Waals surface area contributed by atoms with Crippen molar-refractivity contribution in [1.82, 2.24) is 5.43 Å². The molecule has 112 valence electrons. The summed E-state index contributed by atoms with van der Waals surface area (Å²) in [6, 6.07) is 0.373. The molecule has 4 heteroatoms. The Hall–Kier alpha value is -0.160. The number of nitrogens with one attached hydrogen (secondary N) is 1. The highest BCUT2D eigenvalue weighted by molar-refractivity contribution is 4.93. The molecule has 4 nitrogen and oxygen atoms in total. The first-order chi connectivity index (χ1) is 9.29. The van der Waals surface area contributed by atoms with E-state index in [2.05, 4.69) is 12.3 Å². The van der Waals surface area contributed by atoms with Crippen molar-refractivity contribution in [3.05, 3.63) is 0 Å². The summed E-state index contributed by atoms with van der Waals surface area (Å²) in [6.45, 7) is 4.71. The first kappa shape index (κ1) is 15.2. The minimum absolute atomic E-state index is 0.183. The number of hydrogen-bond donors (Lipinski definition) is 2. The fraction of sp³-hybridized carbons (Fsp3) is 1.00. The molecule has 0 amide bonds. The van der Waals surface area contributed by atoms with E-state index in [0.717, 1.165) is 39.1 Å². The minimum atomic E-state index is 0.183. The molecule has 19 heavy (non-hydrogen) atoms. The summed E-state index contributed by atoms with van der Waals surface area (Å²) >= 11 is 0. The van der Waals surface area contributed by atoms with Gasteiger partial charge < -0.3 is 9.47 Å². The van der Waals surface area contributed by atoms with Crippen LogP contribution in [-0.4, -0.2) is 31.5 Å². The summed E-state index contributed by atoms with van der Waals surface area (Å²) < 4.78 is 11.7. The second-order valence-electron chi connectivity index (χ2n) is 6.17. The van der Waals surface area contributed by atoms with Gasteiger partial charge in [-0.25, -0.2) is 0 Å². The molecule has 1 heterocycles. The predicted octanol–water partition coefficient (Wildman–Crippen LogP) is 2.37. The maximum Gasteiger partial charge on any atom is 0.0685 e. The van der Waals surface area contributed by atoms with Gasteiger partial charge in [0.05, 0.1) is 5.60 Å². The Labute approximate surface area is 117 Å². The Kier molecular flexibility index (Phi) is 6.07. The van der Waals surface area contributed by atoms with E-state index in [9.17, 15) is 0 Å². The van der Waals surface area contributed by atoms with E-state index in [4.69, 9.17) is 15.3 Å². The van der Waals surface area contributed by atoms with E-state index in [-0.39, 0.29) is 5.60 Å². The Morgan fingerprint density at radius 3 is 2.84 bits per heavy atom. The molecule has 1 saturated heterocycles. The second kappa shape index (κ2) is 7.58. The van der Waals surface area contributed by atoms with E-state index in [1.165, 1.54) is 32.1 Å². The van der Waals surface area contributed by atoms with Crippen LogP contribution in [0.15, 0.2) is 0 Å². The molecule has 2 unspecified atom stereocenters. The largest absolute Gasteiger partial charge is 0.381 e. The zero-order valence-corrected chi connectivity index (χ0v) is 12.3. The summed E-state index contributed by atoms with van der Waals surface area (Å²) in [5.74, 6) is 6.40. The molecule has 0 aromatic carbocycles. The number of hydrogen-bond acceptors (Lipinski definition) is 4. The smallest absolute Gasteiger partial charge is 0.0685 e. The SMILES string of the molecule is CCCOCCC(NN)C1CCOC2(CCCC2)C1. The van der Waals surface area contributed by atoms with Crippen molar-refractivity contribution in [2.45, 2.75) is 69.9 Å². The van der Waals surface area contributed by atoms with Crippen LogP contribution in [0.25, 0.3) is 0 Å². The van der Waals surface area contributed by atoms with Gasteiger partial charge in [0, 0.05) is 25.9 Å². The van der Waals surface area contributed by atoms with Crippen LogP contribution in [0.2, 0.25) is 0 Å². The topological polar surface area (TPSA) is 56.5 Å². The summed E-state index contributed by atoms with van der Waals surface area (Å²) in [5.41, 5.74) is 3.20. The van der Waals surface area contributed by atoms with Crippen molar-refractivity contribution in [3.8, 4) is 0 Å². The van der Waals surface area contributed by atoms with E-state index in [1.54, 1.807) is 0 Å². The van der Waals surface area contributed by atoms with Gasteiger partial charge in [0.2, 0.25) is 0 Å². The molecule has 2 fully saturated rings. The lowest BCUT2D eigenvalue weighted by molar-refractivity contribution is -0.0991. The van der Waals surface area contributed by atoms with Crippen LogP contribution in [0.3, 0.4) is 0 Å². The summed E-state index contributed by atoms with van der Waals surface area (Å²) in [7, 11) is 0. The van der Waals surface area contributed by atoms with Gasteiger partial charge in [-0.05, 0) is 44.4 Å². The molecular weight excluding hydrogens is 240 g/mol. The van der Waals surface area contributed by atoms with Gasteiger partial charge in [0.1, 0.15) is 0 Å². The first-order valence-corrected chi connectivity index (χ1v) is 7.97. The molecule has 1 aliphatic carbocycles. The normalized spacial score (nSPS) is 27.8. The van der Waals surface area contributed by atoms with Crippen LogP contribution in [0.4, 0.5) is 0 Å². The quantitative estimate of drug-likeness (QED) is 0.424. The van der Waals surface area contributed by atoms with Crippen molar-refractivity contribution >= 4 is 0 Å². The van der Waals surface area contributed by atoms with Crippen molar-refractivity contribution in [2.24, 2.45) is 11.8 Å². The van der Waals surface area contributed by atoms with Gasteiger partial charge in [0.25, 0.3) is 0 Å². The third-order valence-electron chi connectivity index (χ3n) is 4.75. The molecule has 1 aliphatic heterocycles. The van der Waals surface area contributed by atoms with Gasteiger partial charge in [0.15, 0.2) is 0 Å². The third kappa shape index (κ3) is 4.15. The Morgan fingerprint density at radius 2 is 2.16 bits per heavy atom. The standard InChI is InChI=1S/C15H30N2O2/c1-2-9-18-10-6-14(17-16)13-5-11-19-15(12-13)7-3-4-8-15/h13-14,17H,2-12,16H2,1H3. The van der Waals surface area contributed by atoms with Crippen molar-refractivity contribution in [1.29, 1.82) is 0 Å². The molecule has 0 bridgehead atoms. The minimum Gasteiger partial charge on any atom is -0.381 e. The fourth-order valence-electron chi connectivity index (χ4n) is 3.69. The van der Waals surface area contributed by atoms with Gasteiger partial charge in [-0.1, -0.05) is 19.8 Å². The highest BCUT2D eigenvalue weighted by atomic mass is 16.5. The molecule has 2 atom stereocenters. The number of hydrazine groups is 1. The zero-order valence-electron chi connectivity index (χ0n) is 12.3. The molecular formula is C15H30N2O2. The number of nitrogens with two attached hydrogens (primary N) is 1. The average molecular weight is 270 g/mol. The Morgan fingerprint density at radius 1 is 1.37 bits per heavy atom. The molecule has 1 saturated carbocycles. The van der Waals surface area contributed by atoms with Gasteiger partial charge in [-0.3, -0.25) is 11.3 Å². The van der Waals surface area contributed by atoms with Crippen LogP contribution in [-0.2, 0) is 9.47 Å². The molecule has 0 aromatic heterocycles. The third-order valence-corrected chi connectivity index (χ3v) is 4.75. The van der Waals surface area contributed by atoms with E-state index in [0.29, 0.717) is 12.0 Å². The lowest BCUT2D eigenvalue weighted by atomic mass is 9.80. The highest BCUT2D eigenvalue weighted by Crippen LogP contribution is 2.43. The Balaban J connectivity index is 1.80. The summed E-state index contributed by atoms with van der Waals surface area (Å²) in [5, 5.41) is 0. The van der Waals surface area contributed by atoms with Crippen LogP contribution >= 0.6 is 0 Å². The van der Waals surface area contributed by atoms with Crippen molar-refractivity contribution in [3.63, 3.8) is 0 Å². The van der Waals surface area contributed by atoms with Gasteiger partial charge >= 0.3 is 0 Å². The number of ether oxygens (including phenoxy) is 2. The summed E-state index contributed by atoms with van der Waals surface area (Å²) in [4.78, 5) is 0. The molecule has 3 N–H and O–H groups in total. The lowest BCUT2D eigenvalue weighted by Crippen LogP contribution is -2.48. The maximum absolute atomic E-state index is 6.09. The van der Waals surface area contributed by atoms with Gasteiger partial charge in [-0.15, -0.1) is 0 Å². The predicted molar refractivity (Wildman–Crippen MR) is 76.7 cm³/mol. The molecule has 2 rings (SSSR count). The Bertz CT molecular complexity index is 255. The van der Waals surface area contributed by atoms with E-state index < -0.39 is 0 Å². The first-order valence-electron chi connectivity index (χ1n) is 7.97. The second-order valence-corrected chi connectivity index (χ2v) is 6.17. The zero-order chi connectivity index (χ0) is 13.6. The summed E-state index contributed by atoms with van der Waals surface area (Å²) in [6.07, 6.45) is 9.54.